The highest BCUT2D eigenvalue weighted by Crippen LogP contribution is 2.78. The van der Waals surface area contributed by atoms with Crippen LogP contribution in [0.15, 0.2) is 12.2 Å². The van der Waals surface area contributed by atoms with Crippen molar-refractivity contribution < 1.29 is 19.1 Å². The fourth-order valence-corrected chi connectivity index (χ4v) is 12.0. The first-order valence-corrected chi connectivity index (χ1v) is 14.8. The van der Waals surface area contributed by atoms with Gasteiger partial charge in [-0.3, -0.25) is 9.59 Å². The molecule has 11 atom stereocenters. The summed E-state index contributed by atoms with van der Waals surface area (Å²) in [6.07, 6.45) is 13.7. The van der Waals surface area contributed by atoms with Crippen molar-refractivity contribution in [1.29, 1.82) is 0 Å². The van der Waals surface area contributed by atoms with E-state index in [4.69, 9.17) is 9.47 Å². The third-order valence-corrected chi connectivity index (χ3v) is 14.0. The molecule has 0 radical (unpaired) electrons. The van der Waals surface area contributed by atoms with Gasteiger partial charge in [-0.05, 0) is 91.4 Å². The molecule has 0 aromatic heterocycles. The maximum Gasteiger partial charge on any atom is 0.310 e. The maximum absolute atomic E-state index is 13.5. The van der Waals surface area contributed by atoms with Gasteiger partial charge in [-0.15, -0.1) is 0 Å². The molecule has 5 aliphatic carbocycles. The highest BCUT2D eigenvalue weighted by molar-refractivity contribution is 5.75. The zero-order chi connectivity index (χ0) is 26.1. The standard InChI is InChI=1S/C32H48O4/c1-19-21-9-13-28(5)17-18-31(8)30(7)15-10-22-27(3,4)24(35-20(2)33)12-14-29(22,6)23(30)11-16-32(31,25(19)28)36-26(21)34/h11,16,19,21-25H,9-10,12-15,17-18H2,1-8H3/t19-,21-,22?,23?,24+,25?,28-,29+,30-,31+,32-/m1/s1. The Labute approximate surface area is 218 Å². The monoisotopic (exact) mass is 496 g/mol. The van der Waals surface area contributed by atoms with Crippen LogP contribution < -0.4 is 0 Å². The second kappa shape index (κ2) is 7.20. The molecule has 0 aromatic rings. The molecule has 0 amide bonds. The number of fused-ring (bicyclic) bond motifs is 5. The Morgan fingerprint density at radius 1 is 0.972 bits per heavy atom. The molecule has 6 rings (SSSR count). The van der Waals surface area contributed by atoms with E-state index in [9.17, 15) is 9.59 Å². The van der Waals surface area contributed by atoms with Crippen molar-refractivity contribution in [1.82, 2.24) is 0 Å². The van der Waals surface area contributed by atoms with Gasteiger partial charge in [0, 0.05) is 23.7 Å². The molecule has 6 aliphatic rings. The van der Waals surface area contributed by atoms with Gasteiger partial charge >= 0.3 is 11.9 Å². The number of allylic oxidation sites excluding steroid dienone is 1. The van der Waals surface area contributed by atoms with Gasteiger partial charge in [0.05, 0.1) is 5.92 Å². The van der Waals surface area contributed by atoms with Gasteiger partial charge in [0.2, 0.25) is 0 Å². The Bertz CT molecular complexity index is 1030. The minimum absolute atomic E-state index is 0.0124. The Kier molecular flexibility index (Phi) is 5.00. The molecule has 3 unspecified atom stereocenters. The molecule has 1 heterocycles. The first-order valence-electron chi connectivity index (χ1n) is 14.8. The SMILES string of the molecule is CC(=O)O[C@H]1CC[C@@]2(C)C(CC[C@]3(C)C2C=C[C@]24OC(=O)[C@@H]5CC[C@](C)(CC[C@@]32C)C4[C@@H]5C)C1(C)C. The van der Waals surface area contributed by atoms with E-state index in [1.807, 2.05) is 0 Å². The van der Waals surface area contributed by atoms with Gasteiger partial charge in [-0.2, -0.15) is 0 Å². The van der Waals surface area contributed by atoms with Crippen molar-refractivity contribution in [3.8, 4) is 0 Å². The van der Waals surface area contributed by atoms with Crippen LogP contribution in [0.2, 0.25) is 0 Å². The summed E-state index contributed by atoms with van der Waals surface area (Å²) in [5.74, 6) is 1.66. The fraction of sp³-hybridized carbons (Fsp3) is 0.875. The van der Waals surface area contributed by atoms with E-state index in [0.29, 0.717) is 23.7 Å². The summed E-state index contributed by atoms with van der Waals surface area (Å²) in [7, 11) is 0. The largest absolute Gasteiger partial charge is 0.462 e. The van der Waals surface area contributed by atoms with Gasteiger partial charge in [-0.1, -0.05) is 54.5 Å². The van der Waals surface area contributed by atoms with E-state index in [1.165, 1.54) is 6.42 Å². The number of ether oxygens (including phenoxy) is 2. The molecule has 2 bridgehead atoms. The number of carbonyl (C=O) groups excluding carboxylic acids is 2. The Morgan fingerprint density at radius 3 is 2.39 bits per heavy atom. The van der Waals surface area contributed by atoms with E-state index < -0.39 is 5.60 Å². The van der Waals surface area contributed by atoms with Crippen LogP contribution in [0, 0.1) is 56.7 Å². The molecular weight excluding hydrogens is 448 g/mol. The molecule has 4 saturated carbocycles. The smallest absolute Gasteiger partial charge is 0.310 e. The van der Waals surface area contributed by atoms with Crippen molar-refractivity contribution in [2.75, 3.05) is 0 Å². The molecule has 4 heteroatoms. The molecular formula is C32H48O4. The Balaban J connectivity index is 1.47. The normalized spacial score (nSPS) is 56.5. The van der Waals surface area contributed by atoms with Crippen LogP contribution in [0.3, 0.4) is 0 Å². The molecule has 5 fully saturated rings. The molecule has 200 valence electrons. The average molecular weight is 497 g/mol. The highest BCUT2D eigenvalue weighted by Gasteiger charge is 2.77. The van der Waals surface area contributed by atoms with Gasteiger partial charge in [0.25, 0.3) is 0 Å². The topological polar surface area (TPSA) is 52.6 Å². The fourth-order valence-electron chi connectivity index (χ4n) is 12.0. The van der Waals surface area contributed by atoms with Crippen LogP contribution in [0.5, 0.6) is 0 Å². The van der Waals surface area contributed by atoms with E-state index in [-0.39, 0.29) is 51.0 Å². The zero-order valence-electron chi connectivity index (χ0n) is 23.9. The molecule has 1 spiro atoms. The van der Waals surface area contributed by atoms with Gasteiger partial charge in [-0.25, -0.2) is 0 Å². The number of hydrogen-bond donors (Lipinski definition) is 0. The van der Waals surface area contributed by atoms with Gasteiger partial charge < -0.3 is 9.47 Å². The molecule has 36 heavy (non-hydrogen) atoms. The van der Waals surface area contributed by atoms with E-state index in [0.717, 1.165) is 44.9 Å². The summed E-state index contributed by atoms with van der Waals surface area (Å²) in [5, 5.41) is 0. The summed E-state index contributed by atoms with van der Waals surface area (Å²) in [5.41, 5.74) is -0.198. The Morgan fingerprint density at radius 2 is 1.69 bits per heavy atom. The van der Waals surface area contributed by atoms with E-state index in [2.05, 4.69) is 60.6 Å². The molecule has 1 aliphatic heterocycles. The zero-order valence-corrected chi connectivity index (χ0v) is 23.9. The van der Waals surface area contributed by atoms with Gasteiger partial charge in [0.1, 0.15) is 11.7 Å². The summed E-state index contributed by atoms with van der Waals surface area (Å²) in [6, 6.07) is 0. The van der Waals surface area contributed by atoms with Crippen molar-refractivity contribution >= 4 is 11.9 Å². The maximum atomic E-state index is 13.5. The predicted octanol–water partition coefficient (Wildman–Crippen LogP) is 7.11. The van der Waals surface area contributed by atoms with Crippen molar-refractivity contribution in [2.45, 2.75) is 118 Å². The second-order valence-electron chi connectivity index (χ2n) is 15.5. The summed E-state index contributed by atoms with van der Waals surface area (Å²) >= 11 is 0. The van der Waals surface area contributed by atoms with E-state index >= 15 is 0 Å². The highest BCUT2D eigenvalue weighted by atomic mass is 16.6. The van der Waals surface area contributed by atoms with Crippen molar-refractivity contribution in [3.63, 3.8) is 0 Å². The van der Waals surface area contributed by atoms with Crippen molar-refractivity contribution in [2.24, 2.45) is 56.7 Å². The van der Waals surface area contributed by atoms with Crippen LogP contribution >= 0.6 is 0 Å². The lowest BCUT2D eigenvalue weighted by molar-refractivity contribution is -0.300. The first-order chi connectivity index (χ1) is 16.7. The minimum atomic E-state index is -0.494. The van der Waals surface area contributed by atoms with Crippen LogP contribution in [0.1, 0.15) is 107 Å². The summed E-state index contributed by atoms with van der Waals surface area (Å²) < 4.78 is 12.6. The van der Waals surface area contributed by atoms with Gasteiger partial charge in [0.15, 0.2) is 0 Å². The average Bonchev–Trinajstić information content (AvgIpc) is 2.76. The summed E-state index contributed by atoms with van der Waals surface area (Å²) in [4.78, 5) is 25.4. The Hall–Kier alpha value is -1.32. The van der Waals surface area contributed by atoms with Crippen LogP contribution in [-0.4, -0.2) is 23.6 Å². The number of hydrogen-bond acceptors (Lipinski definition) is 4. The van der Waals surface area contributed by atoms with Crippen LogP contribution in [0.4, 0.5) is 0 Å². The van der Waals surface area contributed by atoms with Crippen LogP contribution in [-0.2, 0) is 19.1 Å². The lowest BCUT2D eigenvalue weighted by atomic mass is 9.31. The second-order valence-corrected chi connectivity index (χ2v) is 15.5. The quantitative estimate of drug-likeness (QED) is 0.287. The minimum Gasteiger partial charge on any atom is -0.462 e. The molecule has 1 saturated heterocycles. The molecule has 0 aromatic carbocycles. The third kappa shape index (κ3) is 2.68. The predicted molar refractivity (Wildman–Crippen MR) is 140 cm³/mol. The number of rotatable bonds is 1. The van der Waals surface area contributed by atoms with Crippen LogP contribution in [0.25, 0.3) is 0 Å². The first kappa shape index (κ1) is 25.0. The molecule has 0 N–H and O–H groups in total. The van der Waals surface area contributed by atoms with Crippen molar-refractivity contribution in [3.05, 3.63) is 12.2 Å². The number of esters is 2. The summed E-state index contributed by atoms with van der Waals surface area (Å²) in [6.45, 7) is 18.6. The third-order valence-electron chi connectivity index (χ3n) is 14.0. The molecule has 4 nitrogen and oxygen atoms in total. The lowest BCUT2D eigenvalue weighted by Crippen LogP contribution is -2.76. The lowest BCUT2D eigenvalue weighted by Gasteiger charge is -2.75. The van der Waals surface area contributed by atoms with E-state index in [1.54, 1.807) is 6.92 Å². The number of carbonyl (C=O) groups is 2.